The van der Waals surface area contributed by atoms with Crippen LogP contribution in [0.2, 0.25) is 0 Å². The van der Waals surface area contributed by atoms with Crippen molar-refractivity contribution in [2.24, 2.45) is 5.92 Å². The second-order valence-corrected chi connectivity index (χ2v) is 4.14. The van der Waals surface area contributed by atoms with Gasteiger partial charge in [-0.05, 0) is 30.5 Å². The molecular formula is C12H17NO3. The molecule has 0 aliphatic heterocycles. The molecule has 0 fully saturated rings. The molecule has 1 aromatic carbocycles. The highest BCUT2D eigenvalue weighted by Gasteiger charge is 2.08. The molecule has 0 aliphatic carbocycles. The molecular weight excluding hydrogens is 206 g/mol. The van der Waals surface area contributed by atoms with Crippen LogP contribution in [0.4, 0.5) is 0 Å². The molecule has 0 spiro atoms. The molecule has 4 nitrogen and oxygen atoms in total. The maximum atomic E-state index is 11.6. The van der Waals surface area contributed by atoms with Gasteiger partial charge >= 0.3 is 0 Å². The Morgan fingerprint density at radius 1 is 1.31 bits per heavy atom. The van der Waals surface area contributed by atoms with Crippen molar-refractivity contribution in [3.63, 3.8) is 0 Å². The maximum Gasteiger partial charge on any atom is 0.251 e. The Balaban J connectivity index is 2.56. The highest BCUT2D eigenvalue weighted by atomic mass is 16.3. The summed E-state index contributed by atoms with van der Waals surface area (Å²) >= 11 is 0. The van der Waals surface area contributed by atoms with Gasteiger partial charge in [-0.1, -0.05) is 13.8 Å². The normalized spacial score (nSPS) is 10.4. The predicted molar refractivity (Wildman–Crippen MR) is 61.6 cm³/mol. The fourth-order valence-corrected chi connectivity index (χ4v) is 1.24. The lowest BCUT2D eigenvalue weighted by molar-refractivity contribution is 0.0951. The molecule has 0 bridgehead atoms. The number of aromatic hydroxyl groups is 2. The number of nitrogens with one attached hydrogen (secondary N) is 1. The maximum absolute atomic E-state index is 11.6. The Morgan fingerprint density at radius 2 is 2.00 bits per heavy atom. The average Bonchev–Trinajstić information content (AvgIpc) is 2.21. The largest absolute Gasteiger partial charge is 0.504 e. The zero-order chi connectivity index (χ0) is 12.1. The van der Waals surface area contributed by atoms with Gasteiger partial charge in [-0.15, -0.1) is 0 Å². The number of benzene rings is 1. The van der Waals surface area contributed by atoms with E-state index in [4.69, 9.17) is 5.11 Å². The first-order valence-electron chi connectivity index (χ1n) is 5.31. The lowest BCUT2D eigenvalue weighted by atomic mass is 10.1. The number of phenols is 2. The number of phenolic OH excluding ortho intramolecular Hbond substituents is 2. The van der Waals surface area contributed by atoms with Crippen molar-refractivity contribution in [3.05, 3.63) is 23.8 Å². The van der Waals surface area contributed by atoms with Crippen LogP contribution >= 0.6 is 0 Å². The van der Waals surface area contributed by atoms with Crippen LogP contribution in [0, 0.1) is 5.92 Å². The third kappa shape index (κ3) is 3.46. The number of carbonyl (C=O) groups is 1. The molecule has 0 aliphatic rings. The second-order valence-electron chi connectivity index (χ2n) is 4.14. The average molecular weight is 223 g/mol. The minimum atomic E-state index is -0.281. The van der Waals surface area contributed by atoms with E-state index in [2.05, 4.69) is 19.2 Å². The van der Waals surface area contributed by atoms with Crippen molar-refractivity contribution >= 4 is 5.91 Å². The lowest BCUT2D eigenvalue weighted by Crippen LogP contribution is -2.25. The summed E-state index contributed by atoms with van der Waals surface area (Å²) in [6, 6.07) is 4.02. The van der Waals surface area contributed by atoms with Crippen LogP contribution in [0.3, 0.4) is 0 Å². The molecule has 88 valence electrons. The van der Waals surface area contributed by atoms with Crippen molar-refractivity contribution < 1.29 is 15.0 Å². The first-order valence-corrected chi connectivity index (χ1v) is 5.31. The van der Waals surface area contributed by atoms with Crippen LogP contribution < -0.4 is 5.32 Å². The molecule has 0 heterocycles. The van der Waals surface area contributed by atoms with Crippen LogP contribution in [0.5, 0.6) is 11.5 Å². The van der Waals surface area contributed by atoms with E-state index in [1.807, 2.05) is 0 Å². The molecule has 0 saturated carbocycles. The van der Waals surface area contributed by atoms with Crippen LogP contribution in [0.1, 0.15) is 30.6 Å². The van der Waals surface area contributed by atoms with Crippen molar-refractivity contribution in [2.75, 3.05) is 6.54 Å². The van der Waals surface area contributed by atoms with E-state index in [1.165, 1.54) is 18.2 Å². The first kappa shape index (κ1) is 12.4. The number of amides is 1. The second kappa shape index (κ2) is 5.39. The summed E-state index contributed by atoms with van der Waals surface area (Å²) < 4.78 is 0. The smallest absolute Gasteiger partial charge is 0.251 e. The van der Waals surface area contributed by atoms with Gasteiger partial charge in [0, 0.05) is 12.1 Å². The zero-order valence-electron chi connectivity index (χ0n) is 9.53. The van der Waals surface area contributed by atoms with Crippen LogP contribution in [-0.4, -0.2) is 22.7 Å². The monoisotopic (exact) mass is 223 g/mol. The Labute approximate surface area is 94.9 Å². The minimum Gasteiger partial charge on any atom is -0.504 e. The summed E-state index contributed by atoms with van der Waals surface area (Å²) in [6.07, 6.45) is 0.913. The molecule has 4 heteroatoms. The quantitative estimate of drug-likeness (QED) is 0.682. The topological polar surface area (TPSA) is 69.6 Å². The Bertz CT molecular complexity index is 375. The van der Waals surface area contributed by atoms with Gasteiger partial charge in [0.15, 0.2) is 11.5 Å². The van der Waals surface area contributed by atoms with Crippen molar-refractivity contribution in [2.45, 2.75) is 20.3 Å². The van der Waals surface area contributed by atoms with Crippen LogP contribution in [0.15, 0.2) is 18.2 Å². The third-order valence-corrected chi connectivity index (χ3v) is 2.24. The summed E-state index contributed by atoms with van der Waals surface area (Å²) in [6.45, 7) is 4.77. The summed E-state index contributed by atoms with van der Waals surface area (Å²) in [4.78, 5) is 11.6. The Hall–Kier alpha value is -1.71. The number of rotatable bonds is 4. The summed E-state index contributed by atoms with van der Waals surface area (Å²) in [5.74, 6) is -0.209. The van der Waals surface area contributed by atoms with Crippen molar-refractivity contribution in [3.8, 4) is 11.5 Å². The standard InChI is InChI=1S/C12H17NO3/c1-8(2)5-6-13-12(16)9-3-4-10(14)11(15)7-9/h3-4,7-8,14-15H,5-6H2,1-2H3,(H,13,16). The van der Waals surface area contributed by atoms with Gasteiger partial charge in [-0.2, -0.15) is 0 Å². The van der Waals surface area contributed by atoms with Crippen molar-refractivity contribution in [1.82, 2.24) is 5.32 Å². The Kier molecular flexibility index (Phi) is 4.17. The van der Waals surface area contributed by atoms with E-state index in [1.54, 1.807) is 0 Å². The van der Waals surface area contributed by atoms with E-state index < -0.39 is 0 Å². The predicted octanol–water partition coefficient (Wildman–Crippen LogP) is 1.87. The third-order valence-electron chi connectivity index (χ3n) is 2.24. The fraction of sp³-hybridized carbons (Fsp3) is 0.417. The van der Waals surface area contributed by atoms with E-state index in [-0.39, 0.29) is 17.4 Å². The molecule has 3 N–H and O–H groups in total. The van der Waals surface area contributed by atoms with Gasteiger partial charge in [0.1, 0.15) is 0 Å². The summed E-state index contributed by atoms with van der Waals surface area (Å²) in [7, 11) is 0. The molecule has 0 radical (unpaired) electrons. The minimum absolute atomic E-state index is 0.223. The van der Waals surface area contributed by atoms with E-state index in [0.717, 1.165) is 6.42 Å². The number of hydrogen-bond acceptors (Lipinski definition) is 3. The molecule has 1 aromatic rings. The van der Waals surface area contributed by atoms with E-state index >= 15 is 0 Å². The van der Waals surface area contributed by atoms with Gasteiger partial charge in [0.05, 0.1) is 0 Å². The van der Waals surface area contributed by atoms with Gasteiger partial charge in [-0.3, -0.25) is 4.79 Å². The fourth-order valence-electron chi connectivity index (χ4n) is 1.24. The SMILES string of the molecule is CC(C)CCNC(=O)c1ccc(O)c(O)c1. The van der Waals surface area contributed by atoms with Crippen LogP contribution in [0.25, 0.3) is 0 Å². The van der Waals surface area contributed by atoms with Gasteiger partial charge < -0.3 is 15.5 Å². The molecule has 0 aromatic heterocycles. The molecule has 16 heavy (non-hydrogen) atoms. The molecule has 0 atom stereocenters. The molecule has 1 amide bonds. The molecule has 0 unspecified atom stereocenters. The number of hydrogen-bond donors (Lipinski definition) is 3. The molecule has 1 rings (SSSR count). The van der Waals surface area contributed by atoms with Crippen molar-refractivity contribution in [1.29, 1.82) is 0 Å². The van der Waals surface area contributed by atoms with Crippen LogP contribution in [-0.2, 0) is 0 Å². The van der Waals surface area contributed by atoms with Gasteiger partial charge in [0.2, 0.25) is 0 Å². The van der Waals surface area contributed by atoms with Gasteiger partial charge in [-0.25, -0.2) is 0 Å². The first-order chi connectivity index (χ1) is 7.50. The summed E-state index contributed by atoms with van der Waals surface area (Å²) in [5.41, 5.74) is 0.346. The lowest BCUT2D eigenvalue weighted by Gasteiger charge is -2.07. The van der Waals surface area contributed by atoms with E-state index in [0.29, 0.717) is 18.0 Å². The highest BCUT2D eigenvalue weighted by Crippen LogP contribution is 2.24. The van der Waals surface area contributed by atoms with Gasteiger partial charge in [0.25, 0.3) is 5.91 Å². The number of carbonyl (C=O) groups excluding carboxylic acids is 1. The highest BCUT2D eigenvalue weighted by molar-refractivity contribution is 5.94. The van der Waals surface area contributed by atoms with E-state index in [9.17, 15) is 9.90 Å². The Morgan fingerprint density at radius 3 is 2.56 bits per heavy atom. The summed E-state index contributed by atoms with van der Waals surface area (Å²) in [5, 5.41) is 21.1. The molecule has 0 saturated heterocycles. The zero-order valence-corrected chi connectivity index (χ0v) is 9.53.